The van der Waals surface area contributed by atoms with Crippen molar-refractivity contribution in [2.45, 2.75) is 49.4 Å². The van der Waals surface area contributed by atoms with Crippen molar-refractivity contribution in [3.05, 3.63) is 139 Å². The van der Waals surface area contributed by atoms with Gasteiger partial charge in [0.2, 0.25) is 0 Å². The summed E-state index contributed by atoms with van der Waals surface area (Å²) >= 11 is -1.72. The van der Waals surface area contributed by atoms with Crippen LogP contribution in [0.3, 0.4) is 0 Å². The van der Waals surface area contributed by atoms with E-state index >= 15 is 0 Å². The second-order valence-corrected chi connectivity index (χ2v) is 24.3. The largest absolute Gasteiger partial charge is 0.476 e. The molecule has 0 N–H and O–H groups in total. The first-order valence-corrected chi connectivity index (χ1v) is 24.1. The zero-order valence-electron chi connectivity index (χ0n) is 27.8. The fraction of sp³-hybridized carbons (Fsp3) is 0.209. The molecule has 1 aliphatic rings. The quantitative estimate of drug-likeness (QED) is 0.123. The van der Waals surface area contributed by atoms with Crippen molar-refractivity contribution in [1.82, 2.24) is 9.97 Å². The van der Waals surface area contributed by atoms with E-state index in [1.807, 2.05) is 42.7 Å². The van der Waals surface area contributed by atoms with Crippen LogP contribution in [0.2, 0.25) is 17.3 Å². The molecule has 1 fully saturated rings. The molecule has 3 heterocycles. The van der Waals surface area contributed by atoms with Crippen molar-refractivity contribution in [2.75, 3.05) is 0 Å². The molecule has 3 nitrogen and oxygen atoms in total. The third-order valence-electron chi connectivity index (χ3n) is 9.22. The van der Waals surface area contributed by atoms with Gasteiger partial charge >= 0.3 is 99.8 Å². The Balaban J connectivity index is 0.000000201. The summed E-state index contributed by atoms with van der Waals surface area (Å²) in [7, 11) is 0. The average Bonchev–Trinajstić information content (AvgIpc) is 3.76. The Kier molecular flexibility index (Phi) is 10.8. The molecule has 0 saturated heterocycles. The van der Waals surface area contributed by atoms with Crippen LogP contribution in [0.5, 0.6) is 0 Å². The van der Waals surface area contributed by atoms with Gasteiger partial charge in [0.1, 0.15) is 5.58 Å². The number of rotatable bonds is 6. The summed E-state index contributed by atoms with van der Waals surface area (Å²) in [4.78, 5) is 9.16. The number of benzene rings is 4. The minimum absolute atomic E-state index is 0. The van der Waals surface area contributed by atoms with Gasteiger partial charge in [-0.05, 0) is 46.7 Å². The van der Waals surface area contributed by atoms with Gasteiger partial charge in [0.25, 0.3) is 0 Å². The van der Waals surface area contributed by atoms with Gasteiger partial charge in [0.05, 0.1) is 5.58 Å². The normalized spacial score (nSPS) is 13.2. The van der Waals surface area contributed by atoms with Crippen LogP contribution in [0.15, 0.2) is 126 Å². The zero-order chi connectivity index (χ0) is 32.2. The first kappa shape index (κ1) is 34.1. The van der Waals surface area contributed by atoms with Crippen LogP contribution in [0.1, 0.15) is 31.2 Å². The summed E-state index contributed by atoms with van der Waals surface area (Å²) in [5.41, 5.74) is 9.61. The summed E-state index contributed by atoms with van der Waals surface area (Å²) in [6.07, 6.45) is 10.6. The molecule has 243 valence electrons. The van der Waals surface area contributed by atoms with Crippen molar-refractivity contribution in [3.8, 4) is 33.6 Å². The molecule has 0 atom stereocenters. The summed E-state index contributed by atoms with van der Waals surface area (Å²) in [6.45, 7) is 0. The van der Waals surface area contributed by atoms with E-state index in [2.05, 4.69) is 118 Å². The Bertz CT molecular complexity index is 2100. The number of hydrogen-bond acceptors (Lipinski definition) is 3. The van der Waals surface area contributed by atoms with E-state index in [1.165, 1.54) is 46.8 Å². The molecule has 1 radical (unpaired) electrons. The van der Waals surface area contributed by atoms with Gasteiger partial charge in [0, 0.05) is 26.3 Å². The average molecular weight is 866 g/mol. The fourth-order valence-corrected chi connectivity index (χ4v) is 8.69. The summed E-state index contributed by atoms with van der Waals surface area (Å²) in [5.74, 6) is 7.97. The van der Waals surface area contributed by atoms with E-state index in [0.29, 0.717) is 0 Å². The van der Waals surface area contributed by atoms with E-state index in [9.17, 15) is 0 Å². The molecule has 0 amide bonds. The molecule has 0 spiro atoms. The Labute approximate surface area is 300 Å². The monoisotopic (exact) mass is 867 g/mol. The Morgan fingerprint density at radius 3 is 2.25 bits per heavy atom. The van der Waals surface area contributed by atoms with E-state index in [1.54, 1.807) is 0 Å². The number of fused-ring (bicyclic) bond motifs is 3. The Morgan fingerprint density at radius 2 is 1.52 bits per heavy atom. The molecule has 3 aromatic heterocycles. The second kappa shape index (κ2) is 15.2. The van der Waals surface area contributed by atoms with Crippen LogP contribution in [0.25, 0.3) is 55.6 Å². The summed E-state index contributed by atoms with van der Waals surface area (Å²) < 4.78 is 7.64. The predicted octanol–water partition coefficient (Wildman–Crippen LogP) is 10.9. The Hall–Kier alpha value is -3.83. The maximum absolute atomic E-state index is 6.20. The van der Waals surface area contributed by atoms with Crippen LogP contribution >= 0.6 is 0 Å². The fourth-order valence-electron chi connectivity index (χ4n) is 6.52. The molecule has 1 aliphatic carbocycles. The van der Waals surface area contributed by atoms with Gasteiger partial charge in [-0.25, -0.2) is 0 Å². The maximum atomic E-state index is 6.20. The minimum Gasteiger partial charge on any atom is -0.476 e. The smallest absolute Gasteiger partial charge is 0.123 e. The molecule has 8 rings (SSSR count). The molecule has 0 aliphatic heterocycles. The van der Waals surface area contributed by atoms with Crippen molar-refractivity contribution in [2.24, 2.45) is 5.92 Å². The van der Waals surface area contributed by atoms with Crippen LogP contribution < -0.4 is 4.40 Å². The van der Waals surface area contributed by atoms with E-state index in [4.69, 9.17) is 4.42 Å². The van der Waals surface area contributed by atoms with E-state index in [0.717, 1.165) is 56.8 Å². The summed E-state index contributed by atoms with van der Waals surface area (Å²) in [5, 5.41) is 2.22. The molecule has 7 aromatic rings. The third-order valence-corrected chi connectivity index (χ3v) is 13.5. The Morgan fingerprint density at radius 1 is 0.708 bits per heavy atom. The van der Waals surface area contributed by atoms with Gasteiger partial charge in [0.15, 0.2) is 0 Å². The van der Waals surface area contributed by atoms with Gasteiger partial charge in [-0.1, -0.05) is 91.2 Å². The first-order chi connectivity index (χ1) is 22.9. The molecular weight excluding hydrogens is 825 g/mol. The molecule has 1 saturated carbocycles. The minimum atomic E-state index is -1.72. The molecular formula is C43H40GeIrN2O-2. The van der Waals surface area contributed by atoms with Crippen molar-refractivity contribution < 1.29 is 24.5 Å². The van der Waals surface area contributed by atoms with Crippen molar-refractivity contribution >= 4 is 39.6 Å². The van der Waals surface area contributed by atoms with Crippen molar-refractivity contribution in [1.29, 1.82) is 0 Å². The van der Waals surface area contributed by atoms with Crippen molar-refractivity contribution in [3.63, 3.8) is 0 Å². The van der Waals surface area contributed by atoms with Gasteiger partial charge < -0.3 is 9.40 Å². The number of nitrogens with zero attached hydrogens (tertiary/aromatic N) is 2. The summed E-state index contributed by atoms with van der Waals surface area (Å²) in [6, 6.07) is 44.3. The van der Waals surface area contributed by atoms with Gasteiger partial charge in [-0.3, -0.25) is 0 Å². The number of hydrogen-bond donors (Lipinski definition) is 0. The van der Waals surface area contributed by atoms with Gasteiger partial charge in [-0.2, -0.15) is 0 Å². The second-order valence-electron chi connectivity index (χ2n) is 13.7. The number of furan rings is 1. The SMILES string of the molecule is [CH3][Ge]([CH3])([CH3])[c]1ccc(-c2[c-]cccc2)nc1.[Ir].[c-]1cc2c(cc1-c1cc(CC3CCCC3)ccn1)oc1ccc(-c3ccccc3)cc12. The molecule has 5 heteroatoms. The topological polar surface area (TPSA) is 38.9 Å². The third kappa shape index (κ3) is 7.89. The first-order valence-electron chi connectivity index (χ1n) is 16.7. The maximum Gasteiger partial charge on any atom is 0.123 e. The molecule has 0 unspecified atom stereocenters. The standard InChI is InChI=1S/C29H24NO.C14H16GeN.Ir/c1-2-8-22(9-3-1)23-11-13-28-26(18-23)25-12-10-24(19-29(25)31-28)27-17-21(14-15-30-27)16-20-6-4-5-7-20;1-15(2,3)13-9-10-14(16-11-13)12-7-5-4-6-8-12;/h1-3,8-9,11-15,17-20H,4-7,16H2;4-7,9-11H,1-3H3;/q2*-1;. The predicted molar refractivity (Wildman–Crippen MR) is 198 cm³/mol. The number of aromatic nitrogens is 2. The van der Waals surface area contributed by atoms with Crippen LogP contribution in [0, 0.1) is 18.1 Å². The molecule has 48 heavy (non-hydrogen) atoms. The van der Waals surface area contributed by atoms with Crippen LogP contribution in [-0.2, 0) is 26.5 Å². The zero-order valence-corrected chi connectivity index (χ0v) is 32.3. The number of pyridine rings is 2. The van der Waals surface area contributed by atoms with Gasteiger partial charge in [-0.15, -0.1) is 17.7 Å². The molecule has 0 bridgehead atoms. The van der Waals surface area contributed by atoms with E-state index < -0.39 is 13.3 Å². The van der Waals surface area contributed by atoms with Crippen LogP contribution in [-0.4, -0.2) is 23.2 Å². The van der Waals surface area contributed by atoms with E-state index in [-0.39, 0.29) is 20.1 Å². The van der Waals surface area contributed by atoms with Crippen LogP contribution in [0.4, 0.5) is 0 Å². The molecule has 4 aromatic carbocycles.